The van der Waals surface area contributed by atoms with Crippen molar-refractivity contribution in [2.45, 2.75) is 39.7 Å². The standard InChI is InChI=1S/C24H23N7O/c1-3-5-11-22-25-24(21(32)8-4-2)28-31(22)16-17-12-14-18(15-13-17)19-9-6-7-10-20(19)23-26-29-30-27-23/h6-7,9-10,12-15H,4,8,11,16H2,1-2H3,(H,26,27,29,30). The van der Waals surface area contributed by atoms with Crippen LogP contribution in [0.1, 0.15) is 48.7 Å². The minimum absolute atomic E-state index is 0.0363. The molecule has 2 aromatic heterocycles. The van der Waals surface area contributed by atoms with Gasteiger partial charge in [-0.3, -0.25) is 4.79 Å². The van der Waals surface area contributed by atoms with Gasteiger partial charge in [0.05, 0.1) is 13.0 Å². The molecule has 32 heavy (non-hydrogen) atoms. The fraction of sp³-hybridized carbons (Fsp3) is 0.250. The van der Waals surface area contributed by atoms with Gasteiger partial charge in [0.2, 0.25) is 11.6 Å². The molecule has 0 saturated heterocycles. The molecule has 0 radical (unpaired) electrons. The quantitative estimate of drug-likeness (QED) is 0.341. The second kappa shape index (κ2) is 9.79. The van der Waals surface area contributed by atoms with E-state index in [1.54, 1.807) is 11.6 Å². The van der Waals surface area contributed by atoms with Crippen molar-refractivity contribution >= 4 is 5.78 Å². The number of carbonyl (C=O) groups excluding carboxylic acids is 1. The molecule has 0 atom stereocenters. The van der Waals surface area contributed by atoms with E-state index in [9.17, 15) is 4.79 Å². The number of nitrogens with one attached hydrogen (secondary N) is 1. The van der Waals surface area contributed by atoms with Gasteiger partial charge >= 0.3 is 0 Å². The van der Waals surface area contributed by atoms with E-state index in [0.29, 0.717) is 31.0 Å². The fourth-order valence-electron chi connectivity index (χ4n) is 3.43. The van der Waals surface area contributed by atoms with Gasteiger partial charge in [0.1, 0.15) is 5.82 Å². The number of tetrazole rings is 1. The van der Waals surface area contributed by atoms with Gasteiger partial charge in [-0.1, -0.05) is 61.4 Å². The molecule has 2 heterocycles. The molecule has 8 nitrogen and oxygen atoms in total. The maximum absolute atomic E-state index is 12.3. The van der Waals surface area contributed by atoms with Crippen LogP contribution in [-0.2, 0) is 13.0 Å². The molecular formula is C24H23N7O. The summed E-state index contributed by atoms with van der Waals surface area (Å²) >= 11 is 0. The molecule has 0 spiro atoms. The fourth-order valence-corrected chi connectivity index (χ4v) is 3.43. The summed E-state index contributed by atoms with van der Waals surface area (Å²) in [6, 6.07) is 16.2. The largest absolute Gasteiger partial charge is 0.291 e. The van der Waals surface area contributed by atoms with Crippen molar-refractivity contribution in [3.63, 3.8) is 0 Å². The van der Waals surface area contributed by atoms with Gasteiger partial charge < -0.3 is 0 Å². The van der Waals surface area contributed by atoms with Crippen molar-refractivity contribution in [3.05, 3.63) is 65.7 Å². The summed E-state index contributed by atoms with van der Waals surface area (Å²) in [6.45, 7) is 4.27. The molecule has 0 saturated carbocycles. The third-order valence-electron chi connectivity index (χ3n) is 5.02. The number of Topliss-reactive ketones (excluding diaryl/α,β-unsaturated/α-hetero) is 1. The summed E-state index contributed by atoms with van der Waals surface area (Å²) in [5.41, 5.74) is 4.07. The van der Waals surface area contributed by atoms with E-state index in [-0.39, 0.29) is 11.6 Å². The molecule has 4 rings (SSSR count). The van der Waals surface area contributed by atoms with Gasteiger partial charge in [0, 0.05) is 12.0 Å². The SMILES string of the molecule is CC#CCc1nc(C(=O)CCC)nn1Cc1ccc(-c2ccccc2-c2nnn[nH]2)cc1. The molecule has 0 bridgehead atoms. The van der Waals surface area contributed by atoms with Gasteiger partial charge in [-0.05, 0) is 40.5 Å². The molecule has 1 N–H and O–H groups in total. The number of rotatable bonds is 8. The number of aromatic nitrogens is 7. The van der Waals surface area contributed by atoms with Crippen LogP contribution in [-0.4, -0.2) is 41.2 Å². The Morgan fingerprint density at radius 2 is 1.88 bits per heavy atom. The highest BCUT2D eigenvalue weighted by molar-refractivity contribution is 5.92. The van der Waals surface area contributed by atoms with Crippen LogP contribution in [0.4, 0.5) is 0 Å². The number of nitrogens with zero attached hydrogens (tertiary/aromatic N) is 6. The zero-order chi connectivity index (χ0) is 22.3. The summed E-state index contributed by atoms with van der Waals surface area (Å²) < 4.78 is 1.77. The van der Waals surface area contributed by atoms with Gasteiger partial charge in [0.15, 0.2) is 5.82 Å². The Bertz CT molecular complexity index is 1260. The van der Waals surface area contributed by atoms with E-state index in [1.165, 1.54) is 0 Å². The van der Waals surface area contributed by atoms with Crippen LogP contribution in [0.25, 0.3) is 22.5 Å². The summed E-state index contributed by atoms with van der Waals surface area (Å²) in [7, 11) is 0. The number of hydrogen-bond acceptors (Lipinski definition) is 6. The summed E-state index contributed by atoms with van der Waals surface area (Å²) in [5.74, 6) is 7.46. The van der Waals surface area contributed by atoms with Crippen LogP contribution in [0.5, 0.6) is 0 Å². The van der Waals surface area contributed by atoms with E-state index in [0.717, 1.165) is 28.7 Å². The third-order valence-corrected chi connectivity index (χ3v) is 5.02. The summed E-state index contributed by atoms with van der Waals surface area (Å²) in [4.78, 5) is 16.7. The Morgan fingerprint density at radius 3 is 2.56 bits per heavy atom. The van der Waals surface area contributed by atoms with Crippen molar-refractivity contribution in [3.8, 4) is 34.4 Å². The van der Waals surface area contributed by atoms with Crippen LogP contribution in [0.15, 0.2) is 48.5 Å². The molecule has 0 amide bonds. The maximum Gasteiger partial charge on any atom is 0.217 e. The van der Waals surface area contributed by atoms with Crippen molar-refractivity contribution in [1.29, 1.82) is 0 Å². The minimum Gasteiger partial charge on any atom is -0.291 e. The third kappa shape index (κ3) is 4.62. The van der Waals surface area contributed by atoms with E-state index >= 15 is 0 Å². The van der Waals surface area contributed by atoms with Crippen molar-refractivity contribution in [1.82, 2.24) is 35.4 Å². The first-order valence-corrected chi connectivity index (χ1v) is 10.5. The molecule has 0 unspecified atom stereocenters. The molecule has 0 aliphatic carbocycles. The molecule has 2 aromatic carbocycles. The lowest BCUT2D eigenvalue weighted by atomic mass is 9.98. The molecular weight excluding hydrogens is 402 g/mol. The smallest absolute Gasteiger partial charge is 0.217 e. The van der Waals surface area contributed by atoms with Crippen molar-refractivity contribution in [2.24, 2.45) is 0 Å². The number of carbonyl (C=O) groups is 1. The number of hydrogen-bond donors (Lipinski definition) is 1. The first-order chi connectivity index (χ1) is 15.7. The van der Waals surface area contributed by atoms with Crippen molar-refractivity contribution < 1.29 is 4.79 Å². The van der Waals surface area contributed by atoms with Gasteiger partial charge in [-0.25, -0.2) is 14.8 Å². The first-order valence-electron chi connectivity index (χ1n) is 10.5. The van der Waals surface area contributed by atoms with Crippen LogP contribution < -0.4 is 0 Å². The van der Waals surface area contributed by atoms with E-state index < -0.39 is 0 Å². The van der Waals surface area contributed by atoms with Crippen molar-refractivity contribution in [2.75, 3.05) is 0 Å². The average Bonchev–Trinajstić information content (AvgIpc) is 3.49. The molecule has 0 aliphatic heterocycles. The molecule has 0 fully saturated rings. The Balaban J connectivity index is 1.60. The zero-order valence-electron chi connectivity index (χ0n) is 18.0. The number of H-pyrrole nitrogens is 1. The van der Waals surface area contributed by atoms with E-state index in [4.69, 9.17) is 0 Å². The van der Waals surface area contributed by atoms with Crippen LogP contribution in [0.3, 0.4) is 0 Å². The second-order valence-electron chi connectivity index (χ2n) is 7.28. The monoisotopic (exact) mass is 425 g/mol. The minimum atomic E-state index is -0.0363. The molecule has 0 aliphatic rings. The predicted molar refractivity (Wildman–Crippen MR) is 121 cm³/mol. The topological polar surface area (TPSA) is 102 Å². The van der Waals surface area contributed by atoms with Crippen LogP contribution in [0.2, 0.25) is 0 Å². The average molecular weight is 425 g/mol. The summed E-state index contributed by atoms with van der Waals surface area (Å²) in [5, 5.41) is 18.7. The Kier molecular flexibility index (Phi) is 6.46. The highest BCUT2D eigenvalue weighted by Gasteiger charge is 2.16. The van der Waals surface area contributed by atoms with E-state index in [2.05, 4.69) is 66.8 Å². The second-order valence-corrected chi connectivity index (χ2v) is 7.28. The highest BCUT2D eigenvalue weighted by Crippen LogP contribution is 2.29. The lowest BCUT2D eigenvalue weighted by Gasteiger charge is -2.09. The number of ketones is 1. The van der Waals surface area contributed by atoms with Gasteiger partial charge in [-0.2, -0.15) is 0 Å². The Hall–Kier alpha value is -4.12. The lowest BCUT2D eigenvalue weighted by Crippen LogP contribution is -2.07. The van der Waals surface area contributed by atoms with Crippen LogP contribution >= 0.6 is 0 Å². The predicted octanol–water partition coefficient (Wildman–Crippen LogP) is 3.72. The van der Waals surface area contributed by atoms with Gasteiger partial charge in [0.25, 0.3) is 0 Å². The highest BCUT2D eigenvalue weighted by atomic mass is 16.1. The zero-order valence-corrected chi connectivity index (χ0v) is 18.0. The molecule has 4 aromatic rings. The Labute approximate surface area is 186 Å². The molecule has 8 heteroatoms. The normalized spacial score (nSPS) is 10.6. The van der Waals surface area contributed by atoms with Gasteiger partial charge in [-0.15, -0.1) is 16.1 Å². The number of benzene rings is 2. The maximum atomic E-state index is 12.3. The molecule has 160 valence electrons. The van der Waals surface area contributed by atoms with Crippen LogP contribution in [0, 0.1) is 11.8 Å². The first kappa shape index (κ1) is 21.1. The summed E-state index contributed by atoms with van der Waals surface area (Å²) in [6.07, 6.45) is 1.67. The number of aromatic amines is 1. The lowest BCUT2D eigenvalue weighted by molar-refractivity contribution is 0.0971. The Morgan fingerprint density at radius 1 is 1.09 bits per heavy atom. The van der Waals surface area contributed by atoms with E-state index in [1.807, 2.05) is 31.2 Å².